The second kappa shape index (κ2) is 5.29. The first-order valence-electron chi connectivity index (χ1n) is 6.22. The molecule has 0 spiro atoms. The molecule has 0 fully saturated rings. The van der Waals surface area contributed by atoms with E-state index in [-0.39, 0.29) is 13.2 Å². The lowest BCUT2D eigenvalue weighted by molar-refractivity contribution is -0.137. The number of hydrogen-bond acceptors (Lipinski definition) is 3. The van der Waals surface area contributed by atoms with Crippen LogP contribution in [0.15, 0.2) is 12.1 Å². The van der Waals surface area contributed by atoms with Gasteiger partial charge in [-0.15, -0.1) is 0 Å². The smallest absolute Gasteiger partial charge is 0.303 e. The summed E-state index contributed by atoms with van der Waals surface area (Å²) in [5.74, 6) is 1.20. The van der Waals surface area contributed by atoms with Crippen LogP contribution in [0.25, 0.3) is 0 Å². The lowest BCUT2D eigenvalue weighted by Crippen LogP contribution is -2.00. The van der Waals surface area contributed by atoms with Crippen molar-refractivity contribution < 1.29 is 19.4 Å². The maximum absolute atomic E-state index is 10.6. The van der Waals surface area contributed by atoms with Gasteiger partial charge in [0.15, 0.2) is 11.5 Å². The van der Waals surface area contributed by atoms with Gasteiger partial charge in [-0.3, -0.25) is 4.79 Å². The molecule has 0 radical (unpaired) electrons. The van der Waals surface area contributed by atoms with Crippen molar-refractivity contribution in [1.29, 1.82) is 0 Å². The molecule has 1 N–H and O–H groups in total. The maximum Gasteiger partial charge on any atom is 0.303 e. The van der Waals surface area contributed by atoms with Crippen LogP contribution >= 0.6 is 0 Å². The Bertz CT molecular complexity index is 451. The number of carboxylic acid groups (broad SMARTS) is 1. The highest BCUT2D eigenvalue weighted by Gasteiger charge is 2.18. The molecule has 0 amide bonds. The fourth-order valence-electron chi connectivity index (χ4n) is 2.18. The van der Waals surface area contributed by atoms with E-state index in [0.29, 0.717) is 12.3 Å². The van der Waals surface area contributed by atoms with E-state index in [0.717, 1.165) is 23.5 Å². The van der Waals surface area contributed by atoms with Crippen LogP contribution in [0.1, 0.15) is 43.7 Å². The van der Waals surface area contributed by atoms with Gasteiger partial charge in [0.25, 0.3) is 0 Å². The molecule has 1 heterocycles. The van der Waals surface area contributed by atoms with Gasteiger partial charge >= 0.3 is 5.97 Å². The van der Waals surface area contributed by atoms with E-state index in [1.807, 2.05) is 12.1 Å². The van der Waals surface area contributed by atoms with Crippen LogP contribution in [0.3, 0.4) is 0 Å². The number of ether oxygens (including phenoxy) is 2. The summed E-state index contributed by atoms with van der Waals surface area (Å²) in [5, 5.41) is 8.68. The number of fused-ring (bicyclic) bond motifs is 1. The van der Waals surface area contributed by atoms with Crippen LogP contribution in [0.5, 0.6) is 11.5 Å². The summed E-state index contributed by atoms with van der Waals surface area (Å²) >= 11 is 0. The van der Waals surface area contributed by atoms with Gasteiger partial charge in [0, 0.05) is 6.42 Å². The third kappa shape index (κ3) is 2.75. The van der Waals surface area contributed by atoms with Crippen molar-refractivity contribution in [2.45, 2.75) is 39.0 Å². The minimum absolute atomic E-state index is 0.200. The fraction of sp³-hybridized carbons (Fsp3) is 0.500. The number of benzene rings is 1. The first-order chi connectivity index (χ1) is 8.58. The highest BCUT2D eigenvalue weighted by atomic mass is 16.7. The molecular weight excluding hydrogens is 232 g/mol. The molecule has 0 bridgehead atoms. The Morgan fingerprint density at radius 1 is 1.33 bits per heavy atom. The monoisotopic (exact) mass is 250 g/mol. The predicted molar refractivity (Wildman–Crippen MR) is 67.2 cm³/mol. The van der Waals surface area contributed by atoms with Crippen LogP contribution in [-0.2, 0) is 11.2 Å². The highest BCUT2D eigenvalue weighted by molar-refractivity contribution is 5.66. The van der Waals surface area contributed by atoms with Gasteiger partial charge in [-0.2, -0.15) is 0 Å². The van der Waals surface area contributed by atoms with Crippen molar-refractivity contribution in [2.75, 3.05) is 6.79 Å². The summed E-state index contributed by atoms with van der Waals surface area (Å²) in [5.41, 5.74) is 2.38. The molecule has 0 aliphatic carbocycles. The molecule has 1 aliphatic heterocycles. The number of carboxylic acids is 1. The van der Waals surface area contributed by atoms with Crippen molar-refractivity contribution in [2.24, 2.45) is 0 Å². The Balaban J connectivity index is 2.19. The topological polar surface area (TPSA) is 55.8 Å². The zero-order valence-corrected chi connectivity index (χ0v) is 10.7. The van der Waals surface area contributed by atoms with Crippen LogP contribution < -0.4 is 9.47 Å². The molecule has 0 atom stereocenters. The van der Waals surface area contributed by atoms with Gasteiger partial charge in [-0.1, -0.05) is 13.8 Å². The van der Waals surface area contributed by atoms with E-state index in [1.165, 1.54) is 5.56 Å². The van der Waals surface area contributed by atoms with Crippen molar-refractivity contribution in [3.8, 4) is 11.5 Å². The molecule has 1 aromatic carbocycles. The molecule has 4 nitrogen and oxygen atoms in total. The molecule has 1 aliphatic rings. The summed E-state index contributed by atoms with van der Waals surface area (Å²) in [6, 6.07) is 4.00. The molecule has 2 rings (SSSR count). The second-order valence-electron chi connectivity index (χ2n) is 4.81. The average Bonchev–Trinajstić information content (AvgIpc) is 2.74. The molecule has 0 saturated carbocycles. The minimum atomic E-state index is -0.748. The first-order valence-corrected chi connectivity index (χ1v) is 6.22. The molecule has 18 heavy (non-hydrogen) atoms. The quantitative estimate of drug-likeness (QED) is 0.872. The standard InChI is InChI=1S/C14H18O4/c1-9(2)11-7-13-12(17-8-18-13)6-10(11)4-3-5-14(15)16/h6-7,9H,3-5,8H2,1-2H3,(H,15,16). The van der Waals surface area contributed by atoms with E-state index in [4.69, 9.17) is 14.6 Å². The van der Waals surface area contributed by atoms with E-state index >= 15 is 0 Å². The normalized spacial score (nSPS) is 13.1. The highest BCUT2D eigenvalue weighted by Crippen LogP contribution is 2.37. The zero-order valence-electron chi connectivity index (χ0n) is 10.7. The van der Waals surface area contributed by atoms with Gasteiger partial charge in [-0.05, 0) is 42.0 Å². The third-order valence-electron chi connectivity index (χ3n) is 3.09. The molecule has 98 valence electrons. The Morgan fingerprint density at radius 3 is 2.61 bits per heavy atom. The summed E-state index contributed by atoms with van der Waals surface area (Å²) in [6.45, 7) is 4.52. The zero-order chi connectivity index (χ0) is 13.1. The molecule has 0 unspecified atom stereocenters. The Hall–Kier alpha value is -1.71. The lowest BCUT2D eigenvalue weighted by Gasteiger charge is -2.13. The van der Waals surface area contributed by atoms with Crippen molar-refractivity contribution in [1.82, 2.24) is 0 Å². The SMILES string of the molecule is CC(C)c1cc2c(cc1CCCC(=O)O)OCO2. The second-order valence-corrected chi connectivity index (χ2v) is 4.81. The van der Waals surface area contributed by atoms with Crippen molar-refractivity contribution >= 4 is 5.97 Å². The molecule has 0 aromatic heterocycles. The van der Waals surface area contributed by atoms with Crippen LogP contribution in [-0.4, -0.2) is 17.9 Å². The van der Waals surface area contributed by atoms with Crippen LogP contribution in [0.4, 0.5) is 0 Å². The van der Waals surface area contributed by atoms with Crippen molar-refractivity contribution in [3.63, 3.8) is 0 Å². The molecule has 4 heteroatoms. The van der Waals surface area contributed by atoms with E-state index in [1.54, 1.807) is 0 Å². The van der Waals surface area contributed by atoms with Gasteiger partial charge in [0.2, 0.25) is 6.79 Å². The summed E-state index contributed by atoms with van der Waals surface area (Å²) in [6.07, 6.45) is 1.61. The number of carbonyl (C=O) groups is 1. The average molecular weight is 250 g/mol. The maximum atomic E-state index is 10.6. The number of aryl methyl sites for hydroxylation is 1. The van der Waals surface area contributed by atoms with E-state index in [9.17, 15) is 4.79 Å². The van der Waals surface area contributed by atoms with E-state index in [2.05, 4.69) is 13.8 Å². The largest absolute Gasteiger partial charge is 0.481 e. The third-order valence-corrected chi connectivity index (χ3v) is 3.09. The number of hydrogen-bond donors (Lipinski definition) is 1. The predicted octanol–water partition coefficient (Wildman–Crippen LogP) is 2.95. The number of aliphatic carboxylic acids is 1. The van der Waals surface area contributed by atoms with Crippen molar-refractivity contribution in [3.05, 3.63) is 23.3 Å². The molecule has 0 saturated heterocycles. The van der Waals surface area contributed by atoms with Crippen LogP contribution in [0.2, 0.25) is 0 Å². The Labute approximate surface area is 107 Å². The lowest BCUT2D eigenvalue weighted by atomic mass is 9.93. The molecular formula is C14H18O4. The number of rotatable bonds is 5. The minimum Gasteiger partial charge on any atom is -0.481 e. The molecule has 1 aromatic rings. The van der Waals surface area contributed by atoms with Gasteiger partial charge in [0.1, 0.15) is 0 Å². The van der Waals surface area contributed by atoms with Gasteiger partial charge in [-0.25, -0.2) is 0 Å². The summed E-state index contributed by atoms with van der Waals surface area (Å²) in [4.78, 5) is 10.6. The fourth-order valence-corrected chi connectivity index (χ4v) is 2.18. The Kier molecular flexibility index (Phi) is 3.75. The summed E-state index contributed by atoms with van der Waals surface area (Å²) < 4.78 is 10.7. The van der Waals surface area contributed by atoms with Crippen LogP contribution in [0, 0.1) is 0 Å². The first kappa shape index (κ1) is 12.7. The summed E-state index contributed by atoms with van der Waals surface area (Å²) in [7, 11) is 0. The Morgan fingerprint density at radius 2 is 2.00 bits per heavy atom. The van der Waals surface area contributed by atoms with E-state index < -0.39 is 5.97 Å². The van der Waals surface area contributed by atoms with Gasteiger partial charge < -0.3 is 14.6 Å². The van der Waals surface area contributed by atoms with Gasteiger partial charge in [0.05, 0.1) is 0 Å².